The highest BCUT2D eigenvalue weighted by Gasteiger charge is 2.41. The molecule has 0 radical (unpaired) electrons. The van der Waals surface area contributed by atoms with Crippen LogP contribution in [0, 0.1) is 0 Å². The molecule has 162 valence electrons. The molecule has 0 spiro atoms. The number of aliphatic hydroxyl groups is 1. The zero-order valence-electron chi connectivity index (χ0n) is 17.7. The van der Waals surface area contributed by atoms with Gasteiger partial charge < -0.3 is 14.9 Å². The molecule has 2 fully saturated rings. The van der Waals surface area contributed by atoms with E-state index in [0.717, 1.165) is 45.3 Å². The van der Waals surface area contributed by atoms with Crippen molar-refractivity contribution in [2.45, 2.75) is 56.1 Å². The summed E-state index contributed by atoms with van der Waals surface area (Å²) in [6, 6.07) is 15.9. The van der Waals surface area contributed by atoms with Crippen LogP contribution in [-0.2, 0) is 0 Å². The topological polar surface area (TPSA) is 26.7 Å². The summed E-state index contributed by atoms with van der Waals surface area (Å²) in [5.41, 5.74) is 0.768. The van der Waals surface area contributed by atoms with E-state index in [1.807, 2.05) is 0 Å². The molecule has 0 aromatic heterocycles. The zero-order valence-corrected chi connectivity index (χ0v) is 19.4. The second-order valence-electron chi connectivity index (χ2n) is 8.95. The molecule has 1 saturated carbocycles. The Morgan fingerprint density at radius 2 is 1.72 bits per heavy atom. The van der Waals surface area contributed by atoms with E-state index in [4.69, 9.17) is 0 Å². The van der Waals surface area contributed by atoms with Crippen molar-refractivity contribution in [2.75, 3.05) is 33.7 Å². The Morgan fingerprint density at radius 3 is 2.41 bits per heavy atom. The maximum atomic E-state index is 11.7. The number of hydrogen-bond donors (Lipinski definition) is 1. The minimum absolute atomic E-state index is 0. The van der Waals surface area contributed by atoms with Gasteiger partial charge in [0.25, 0.3) is 0 Å². The molecular weight excluding hydrogens is 403 g/mol. The van der Waals surface area contributed by atoms with Gasteiger partial charge in [0, 0.05) is 25.0 Å². The van der Waals surface area contributed by atoms with Crippen LogP contribution in [0.2, 0.25) is 0 Å². The van der Waals surface area contributed by atoms with Gasteiger partial charge in [-0.25, -0.2) is 0 Å². The molecule has 1 aliphatic carbocycles. The summed E-state index contributed by atoms with van der Waals surface area (Å²) in [5.74, 6) is 0.185. The van der Waals surface area contributed by atoms with Crippen LogP contribution in [0.3, 0.4) is 0 Å². The van der Waals surface area contributed by atoms with Crippen molar-refractivity contribution < 1.29 is 5.11 Å². The molecule has 2 aliphatic rings. The summed E-state index contributed by atoms with van der Waals surface area (Å²) < 4.78 is 0. The highest BCUT2D eigenvalue weighted by molar-refractivity contribution is 5.86. The molecule has 1 aliphatic heterocycles. The van der Waals surface area contributed by atoms with Gasteiger partial charge in [-0.15, -0.1) is 24.8 Å². The van der Waals surface area contributed by atoms with Crippen molar-refractivity contribution in [2.24, 2.45) is 0 Å². The molecule has 1 N–H and O–H groups in total. The first-order chi connectivity index (χ1) is 13.1. The predicted octanol–water partition coefficient (Wildman–Crippen LogP) is 5.10. The zero-order chi connectivity index (χ0) is 18.9. The van der Waals surface area contributed by atoms with E-state index >= 15 is 0 Å². The van der Waals surface area contributed by atoms with E-state index in [1.54, 1.807) is 0 Å². The van der Waals surface area contributed by atoms with Crippen LogP contribution in [0.15, 0.2) is 42.5 Å². The maximum Gasteiger partial charge on any atom is 0.0728 e. The van der Waals surface area contributed by atoms with Crippen molar-refractivity contribution in [3.05, 3.63) is 48.0 Å². The molecule has 2 aromatic rings. The lowest BCUT2D eigenvalue weighted by Gasteiger charge is -2.41. The number of nitrogens with zero attached hydrogens (tertiary/aromatic N) is 2. The minimum Gasteiger partial charge on any atom is -0.389 e. The van der Waals surface area contributed by atoms with Crippen molar-refractivity contribution in [1.29, 1.82) is 0 Å². The highest BCUT2D eigenvalue weighted by Crippen LogP contribution is 2.42. The third-order valence-corrected chi connectivity index (χ3v) is 6.99. The van der Waals surface area contributed by atoms with E-state index in [1.165, 1.54) is 29.2 Å². The number of likely N-dealkylation sites (N-methyl/N-ethyl adjacent to an activating group) is 1. The van der Waals surface area contributed by atoms with Crippen LogP contribution in [0.1, 0.15) is 50.0 Å². The van der Waals surface area contributed by atoms with E-state index < -0.39 is 5.60 Å². The van der Waals surface area contributed by atoms with Gasteiger partial charge in [0.15, 0.2) is 0 Å². The van der Waals surface area contributed by atoms with Gasteiger partial charge in [0.1, 0.15) is 0 Å². The quantitative estimate of drug-likeness (QED) is 0.703. The van der Waals surface area contributed by atoms with Crippen molar-refractivity contribution in [1.82, 2.24) is 9.80 Å². The molecule has 1 heterocycles. The summed E-state index contributed by atoms with van der Waals surface area (Å²) in [6.07, 6.45) is 6.67. The average Bonchev–Trinajstić information content (AvgIpc) is 3.15. The van der Waals surface area contributed by atoms with E-state index in [2.05, 4.69) is 66.4 Å². The Bertz CT molecular complexity index is 771. The molecule has 29 heavy (non-hydrogen) atoms. The molecular formula is C24H36Cl2N2O. The molecule has 5 heteroatoms. The third-order valence-electron chi connectivity index (χ3n) is 6.99. The van der Waals surface area contributed by atoms with Gasteiger partial charge >= 0.3 is 0 Å². The summed E-state index contributed by atoms with van der Waals surface area (Å²) in [5, 5.41) is 14.3. The fourth-order valence-corrected chi connectivity index (χ4v) is 5.28. The molecule has 2 atom stereocenters. The summed E-state index contributed by atoms with van der Waals surface area (Å²) in [4.78, 5) is 4.94. The molecule has 1 unspecified atom stereocenters. The predicted molar refractivity (Wildman–Crippen MR) is 128 cm³/mol. The lowest BCUT2D eigenvalue weighted by Crippen LogP contribution is -2.44. The molecule has 3 nitrogen and oxygen atoms in total. The third kappa shape index (κ3) is 5.26. The monoisotopic (exact) mass is 438 g/mol. The van der Waals surface area contributed by atoms with Crippen molar-refractivity contribution >= 4 is 35.6 Å². The Morgan fingerprint density at radius 1 is 1.03 bits per heavy atom. The molecule has 4 rings (SSSR count). The molecule has 0 bridgehead atoms. The van der Waals surface area contributed by atoms with Crippen LogP contribution < -0.4 is 0 Å². The second-order valence-corrected chi connectivity index (χ2v) is 8.95. The minimum atomic E-state index is -0.571. The van der Waals surface area contributed by atoms with Gasteiger partial charge in [-0.3, -0.25) is 0 Å². The number of hydrogen-bond acceptors (Lipinski definition) is 3. The Kier molecular flexibility index (Phi) is 8.81. The second kappa shape index (κ2) is 10.5. The van der Waals surface area contributed by atoms with Crippen LogP contribution in [0.5, 0.6) is 0 Å². The largest absolute Gasteiger partial charge is 0.389 e. The normalized spacial score (nSPS) is 22.8. The van der Waals surface area contributed by atoms with E-state index in [-0.39, 0.29) is 30.7 Å². The Hall–Kier alpha value is -0.840. The summed E-state index contributed by atoms with van der Waals surface area (Å²) in [6.45, 7) is 3.22. The maximum absolute atomic E-state index is 11.7. The summed E-state index contributed by atoms with van der Waals surface area (Å²) in [7, 11) is 4.37. The Balaban J connectivity index is 0.00000150. The SMILES string of the molecule is CN(C)[C@H]1CCN(CC(c2cccc3ccccc23)C2(O)CCCCC2)C1.Cl.Cl. The van der Waals surface area contributed by atoms with Crippen molar-refractivity contribution in [3.8, 4) is 0 Å². The number of halogens is 2. The van der Waals surface area contributed by atoms with Gasteiger partial charge in [0.2, 0.25) is 0 Å². The van der Waals surface area contributed by atoms with Crippen LogP contribution in [0.4, 0.5) is 0 Å². The first kappa shape index (κ1) is 24.4. The smallest absolute Gasteiger partial charge is 0.0728 e. The first-order valence-electron chi connectivity index (χ1n) is 10.7. The van der Waals surface area contributed by atoms with Crippen molar-refractivity contribution in [3.63, 3.8) is 0 Å². The number of fused-ring (bicyclic) bond motifs is 1. The number of rotatable bonds is 5. The standard InChI is InChI=1S/C24H34N2O.2ClH/c1-25(2)20-13-16-26(17-20)18-23(24(27)14-6-3-7-15-24)22-12-8-10-19-9-4-5-11-21(19)22;;/h4-5,8-12,20,23,27H,3,6-7,13-18H2,1-2H3;2*1H/t20-,23?;;/m0../s1. The average molecular weight is 439 g/mol. The van der Waals surface area contributed by atoms with E-state index in [0.29, 0.717) is 6.04 Å². The lowest BCUT2D eigenvalue weighted by atomic mass is 9.71. The lowest BCUT2D eigenvalue weighted by molar-refractivity contribution is -0.0293. The van der Waals surface area contributed by atoms with Gasteiger partial charge in [-0.2, -0.15) is 0 Å². The summed E-state index contributed by atoms with van der Waals surface area (Å²) >= 11 is 0. The number of likely N-dealkylation sites (tertiary alicyclic amines) is 1. The molecule has 2 aromatic carbocycles. The van der Waals surface area contributed by atoms with Gasteiger partial charge in [0.05, 0.1) is 5.60 Å². The number of benzene rings is 2. The fourth-order valence-electron chi connectivity index (χ4n) is 5.28. The van der Waals surface area contributed by atoms with Gasteiger partial charge in [-0.05, 0) is 56.2 Å². The fraction of sp³-hybridized carbons (Fsp3) is 0.583. The highest BCUT2D eigenvalue weighted by atomic mass is 35.5. The first-order valence-corrected chi connectivity index (χ1v) is 10.7. The van der Waals surface area contributed by atoms with E-state index in [9.17, 15) is 5.11 Å². The Labute approximate surface area is 188 Å². The molecule has 1 saturated heterocycles. The molecule has 0 amide bonds. The van der Waals surface area contributed by atoms with Crippen LogP contribution in [-0.4, -0.2) is 60.3 Å². The van der Waals surface area contributed by atoms with Crippen LogP contribution >= 0.6 is 24.8 Å². The van der Waals surface area contributed by atoms with Gasteiger partial charge in [-0.1, -0.05) is 61.7 Å². The van der Waals surface area contributed by atoms with Crippen LogP contribution in [0.25, 0.3) is 10.8 Å².